The average molecular weight is 421 g/mol. The highest BCUT2D eigenvalue weighted by Crippen LogP contribution is 2.33. The Morgan fingerprint density at radius 1 is 1.17 bits per heavy atom. The van der Waals surface area contributed by atoms with E-state index in [1.54, 1.807) is 37.8 Å². The molecule has 2 amide bonds. The van der Waals surface area contributed by atoms with E-state index in [9.17, 15) is 19.5 Å². The van der Waals surface area contributed by atoms with Crippen LogP contribution in [-0.4, -0.2) is 63.1 Å². The van der Waals surface area contributed by atoms with Crippen LogP contribution in [-0.2, 0) is 9.53 Å². The highest BCUT2D eigenvalue weighted by Gasteiger charge is 2.46. The number of aliphatic carboxylic acids is 1. The minimum absolute atomic E-state index is 0.00293. The molecule has 0 radical (unpaired) electrons. The molecule has 0 aromatic carbocycles. The number of hydrogen-bond donors (Lipinski definition) is 1. The van der Waals surface area contributed by atoms with Crippen LogP contribution in [0.15, 0.2) is 22.8 Å². The number of carboxylic acids is 1. The van der Waals surface area contributed by atoms with Crippen molar-refractivity contribution in [3.63, 3.8) is 0 Å². The molecule has 0 spiro atoms. The van der Waals surface area contributed by atoms with Crippen LogP contribution >= 0.6 is 0 Å². The molecule has 8 nitrogen and oxygen atoms in total. The second kappa shape index (κ2) is 8.70. The molecule has 2 atom stereocenters. The summed E-state index contributed by atoms with van der Waals surface area (Å²) in [6, 6.07) is 1.84. The van der Waals surface area contributed by atoms with Crippen LogP contribution in [0, 0.1) is 5.92 Å². The van der Waals surface area contributed by atoms with E-state index in [1.165, 1.54) is 11.2 Å². The molecular formula is C22H32N2O6. The summed E-state index contributed by atoms with van der Waals surface area (Å²) in [5.41, 5.74) is -0.735. The molecule has 2 aliphatic rings. The lowest BCUT2D eigenvalue weighted by molar-refractivity contribution is -0.142. The lowest BCUT2D eigenvalue weighted by atomic mass is 9.85. The van der Waals surface area contributed by atoms with E-state index in [0.717, 1.165) is 25.7 Å². The third-order valence-corrected chi connectivity index (χ3v) is 5.93. The summed E-state index contributed by atoms with van der Waals surface area (Å²) in [6.45, 7) is 7.55. The van der Waals surface area contributed by atoms with Gasteiger partial charge in [0, 0.05) is 19.0 Å². The summed E-state index contributed by atoms with van der Waals surface area (Å²) in [4.78, 5) is 40.9. The van der Waals surface area contributed by atoms with E-state index in [4.69, 9.17) is 9.15 Å². The zero-order valence-electron chi connectivity index (χ0n) is 18.2. The van der Waals surface area contributed by atoms with E-state index in [1.807, 2.05) is 0 Å². The van der Waals surface area contributed by atoms with Crippen molar-refractivity contribution in [1.82, 2.24) is 9.80 Å². The Bertz CT molecular complexity index is 761. The van der Waals surface area contributed by atoms with Gasteiger partial charge in [0.15, 0.2) is 5.76 Å². The molecule has 1 aliphatic heterocycles. The molecule has 166 valence electrons. The Balaban J connectivity index is 1.86. The third kappa shape index (κ3) is 4.96. The number of ether oxygens (including phenoxy) is 1. The quantitative estimate of drug-likeness (QED) is 0.796. The number of furan rings is 1. The summed E-state index contributed by atoms with van der Waals surface area (Å²) >= 11 is 0. The predicted molar refractivity (Wildman–Crippen MR) is 109 cm³/mol. The smallest absolute Gasteiger partial charge is 0.411 e. The van der Waals surface area contributed by atoms with Crippen LogP contribution in [0.5, 0.6) is 0 Å². The van der Waals surface area contributed by atoms with Crippen LogP contribution in [0.3, 0.4) is 0 Å². The van der Waals surface area contributed by atoms with Crippen molar-refractivity contribution in [3.05, 3.63) is 24.2 Å². The summed E-state index contributed by atoms with van der Waals surface area (Å²) in [5.74, 6) is -0.502. The molecule has 0 unspecified atom stereocenters. The molecule has 1 N–H and O–H groups in total. The second-order valence-corrected chi connectivity index (χ2v) is 9.48. The van der Waals surface area contributed by atoms with Crippen LogP contribution in [0.2, 0.25) is 0 Å². The molecular weight excluding hydrogens is 388 g/mol. The highest BCUT2D eigenvalue weighted by atomic mass is 16.6. The molecule has 3 rings (SSSR count). The normalized spacial score (nSPS) is 27.0. The molecule has 0 bridgehead atoms. The molecule has 30 heavy (non-hydrogen) atoms. The number of amides is 2. The fourth-order valence-corrected chi connectivity index (χ4v) is 4.45. The topological polar surface area (TPSA) is 100 Å². The zero-order valence-corrected chi connectivity index (χ0v) is 18.2. The van der Waals surface area contributed by atoms with Gasteiger partial charge in [-0.15, -0.1) is 0 Å². The molecule has 1 saturated carbocycles. The van der Waals surface area contributed by atoms with Crippen LogP contribution in [0.25, 0.3) is 0 Å². The number of rotatable bonds is 4. The van der Waals surface area contributed by atoms with Gasteiger partial charge in [-0.1, -0.05) is 6.92 Å². The van der Waals surface area contributed by atoms with Gasteiger partial charge in [-0.3, -0.25) is 9.69 Å². The third-order valence-electron chi connectivity index (χ3n) is 5.93. The van der Waals surface area contributed by atoms with E-state index >= 15 is 0 Å². The van der Waals surface area contributed by atoms with E-state index in [0.29, 0.717) is 5.92 Å². The first-order valence-corrected chi connectivity index (χ1v) is 10.7. The lowest BCUT2D eigenvalue weighted by Crippen LogP contribution is -2.50. The fraction of sp³-hybridized carbons (Fsp3) is 0.682. The van der Waals surface area contributed by atoms with Gasteiger partial charge in [0.05, 0.1) is 12.3 Å². The van der Waals surface area contributed by atoms with Crippen molar-refractivity contribution in [1.29, 1.82) is 0 Å². The number of likely N-dealkylation sites (tertiary alicyclic amines) is 1. The SMILES string of the molecule is CC(C)(C)OC(=O)N1C[C@@H](N(C(=O)c2ccco2)[C@H]2CC[C@@H](C)CC2)C[C@H]1C(=O)O. The van der Waals surface area contributed by atoms with Crippen molar-refractivity contribution in [2.45, 2.75) is 83.5 Å². The summed E-state index contributed by atoms with van der Waals surface area (Å²) in [5, 5.41) is 9.73. The summed E-state index contributed by atoms with van der Waals surface area (Å²) in [7, 11) is 0. The van der Waals surface area contributed by atoms with Crippen molar-refractivity contribution in [3.8, 4) is 0 Å². The number of carbonyl (C=O) groups excluding carboxylic acids is 2. The fourth-order valence-electron chi connectivity index (χ4n) is 4.45. The predicted octanol–water partition coefficient (Wildman–Crippen LogP) is 3.76. The molecule has 2 fully saturated rings. The number of carboxylic acid groups (broad SMARTS) is 1. The van der Waals surface area contributed by atoms with Gasteiger partial charge in [0.25, 0.3) is 5.91 Å². The minimum atomic E-state index is -1.09. The highest BCUT2D eigenvalue weighted by molar-refractivity contribution is 5.92. The van der Waals surface area contributed by atoms with Gasteiger partial charge in [0.1, 0.15) is 11.6 Å². The maximum absolute atomic E-state index is 13.3. The van der Waals surface area contributed by atoms with Crippen LogP contribution in [0.1, 0.15) is 70.4 Å². The maximum Gasteiger partial charge on any atom is 0.411 e. The lowest BCUT2D eigenvalue weighted by Gasteiger charge is -2.39. The Morgan fingerprint density at radius 3 is 2.37 bits per heavy atom. The molecule has 1 saturated heterocycles. The Kier molecular flexibility index (Phi) is 6.43. The number of hydrogen-bond acceptors (Lipinski definition) is 5. The van der Waals surface area contributed by atoms with E-state index in [-0.39, 0.29) is 30.7 Å². The van der Waals surface area contributed by atoms with Gasteiger partial charge in [-0.05, 0) is 64.5 Å². The Hall–Kier alpha value is -2.51. The summed E-state index contributed by atoms with van der Waals surface area (Å²) in [6.07, 6.45) is 4.70. The monoisotopic (exact) mass is 420 g/mol. The average Bonchev–Trinajstić information content (AvgIpc) is 3.32. The number of carbonyl (C=O) groups is 3. The first kappa shape index (κ1) is 22.2. The van der Waals surface area contributed by atoms with Gasteiger partial charge in [0.2, 0.25) is 0 Å². The van der Waals surface area contributed by atoms with E-state index < -0.39 is 29.7 Å². The number of nitrogens with zero attached hydrogens (tertiary/aromatic N) is 2. The van der Waals surface area contributed by atoms with Gasteiger partial charge in [-0.2, -0.15) is 0 Å². The Morgan fingerprint density at radius 2 is 1.83 bits per heavy atom. The zero-order chi connectivity index (χ0) is 22.1. The van der Waals surface area contributed by atoms with Crippen molar-refractivity contribution in [2.24, 2.45) is 5.92 Å². The standard InChI is InChI=1S/C22H32N2O6/c1-14-7-9-15(10-8-14)24(19(25)18-6-5-11-29-18)16-12-17(20(26)27)23(13-16)21(28)30-22(2,3)4/h5-6,11,14-17H,7-10,12-13H2,1-4H3,(H,26,27)/t14-,15+,16-,17-/m0/s1. The van der Waals surface area contributed by atoms with Crippen molar-refractivity contribution in [2.75, 3.05) is 6.54 Å². The van der Waals surface area contributed by atoms with Crippen LogP contribution in [0.4, 0.5) is 4.79 Å². The second-order valence-electron chi connectivity index (χ2n) is 9.48. The summed E-state index contributed by atoms with van der Waals surface area (Å²) < 4.78 is 10.8. The van der Waals surface area contributed by atoms with Crippen molar-refractivity contribution < 1.29 is 28.6 Å². The molecule has 1 aliphatic carbocycles. The van der Waals surface area contributed by atoms with Crippen LogP contribution < -0.4 is 0 Å². The first-order valence-electron chi connectivity index (χ1n) is 10.7. The first-order chi connectivity index (χ1) is 14.1. The minimum Gasteiger partial charge on any atom is -0.480 e. The van der Waals surface area contributed by atoms with Gasteiger partial charge >= 0.3 is 12.1 Å². The van der Waals surface area contributed by atoms with Gasteiger partial charge in [-0.25, -0.2) is 9.59 Å². The molecule has 1 aromatic rings. The molecule has 1 aromatic heterocycles. The molecule has 2 heterocycles. The largest absolute Gasteiger partial charge is 0.480 e. The molecule has 8 heteroatoms. The van der Waals surface area contributed by atoms with Gasteiger partial charge < -0.3 is 19.2 Å². The maximum atomic E-state index is 13.3. The van der Waals surface area contributed by atoms with Crippen molar-refractivity contribution >= 4 is 18.0 Å². The Labute approximate surface area is 177 Å². The van der Waals surface area contributed by atoms with E-state index in [2.05, 4.69) is 6.92 Å².